The topological polar surface area (TPSA) is 161 Å². The maximum Gasteiger partial charge on any atom is 0.416 e. The van der Waals surface area contributed by atoms with Gasteiger partial charge in [0.1, 0.15) is 11.7 Å². The van der Waals surface area contributed by atoms with E-state index in [1.165, 1.54) is 10.8 Å². The van der Waals surface area contributed by atoms with Crippen molar-refractivity contribution in [3.63, 3.8) is 0 Å². The Bertz CT molecular complexity index is 2240. The molecule has 0 spiro atoms. The third-order valence-corrected chi connectivity index (χ3v) is 10.9. The Kier molecular flexibility index (Phi) is 8.24. The monoisotopic (exact) mass is 740 g/mol. The Morgan fingerprint density at radius 2 is 1.96 bits per heavy atom. The van der Waals surface area contributed by atoms with Crippen LogP contribution >= 0.6 is 11.6 Å². The molecule has 4 aliphatic rings. The molecule has 272 valence electrons. The fourth-order valence-electron chi connectivity index (χ4n) is 7.81. The molecule has 0 unspecified atom stereocenters. The van der Waals surface area contributed by atoms with Gasteiger partial charge in [0.05, 0.1) is 41.2 Å². The molecule has 3 N–H and O–H groups in total. The third kappa shape index (κ3) is 5.48. The van der Waals surface area contributed by atoms with Crippen molar-refractivity contribution in [1.82, 2.24) is 29.0 Å². The molecule has 0 radical (unpaired) electrons. The highest BCUT2D eigenvalue weighted by Crippen LogP contribution is 2.45. The van der Waals surface area contributed by atoms with E-state index < -0.39 is 29.2 Å². The quantitative estimate of drug-likeness (QED) is 0.311. The molecule has 1 aliphatic carbocycles. The number of hydrogen-bond acceptors (Lipinski definition) is 9. The number of anilines is 2. The van der Waals surface area contributed by atoms with Gasteiger partial charge in [-0.25, -0.2) is 4.98 Å². The predicted octanol–water partition coefficient (Wildman–Crippen LogP) is 3.77. The van der Waals surface area contributed by atoms with E-state index in [0.29, 0.717) is 61.9 Å². The van der Waals surface area contributed by atoms with Crippen LogP contribution in [-0.2, 0) is 15.7 Å². The third-order valence-electron chi connectivity index (χ3n) is 10.6. The number of ether oxygens (including phenoxy) is 1. The molecule has 3 aromatic heterocycles. The standard InChI is InChI=1S/C34H33ClF3N9O5/c1-16-13-24(30(49)41-21-4-3-19(14-20(21)35)34(36,37)38)46-26(16)27(32(51)47-33(46)42-29(43-47)18-7-11-52-12-8-18)44-9-10-45(23-6-5-22(23)44)31(50)25-28(48)17(2)39-15-40-25/h3-4,7,14-16,22-24,48H,5-6,8-13H2,1-2H3,(H,41,49)/p+1/t16-,22+,23+,24-/m1/s1. The second kappa shape index (κ2) is 12.6. The Morgan fingerprint density at radius 1 is 1.17 bits per heavy atom. The summed E-state index contributed by atoms with van der Waals surface area (Å²) in [5.74, 6) is -0.959. The minimum atomic E-state index is -4.61. The smallest absolute Gasteiger partial charge is 0.416 e. The lowest BCUT2D eigenvalue weighted by Gasteiger charge is -2.54. The van der Waals surface area contributed by atoms with Crippen LogP contribution in [0.2, 0.25) is 5.02 Å². The van der Waals surface area contributed by atoms with Gasteiger partial charge in [-0.1, -0.05) is 29.6 Å². The molecule has 1 saturated heterocycles. The van der Waals surface area contributed by atoms with E-state index in [9.17, 15) is 32.7 Å². The second-order valence-electron chi connectivity index (χ2n) is 13.6. The molecule has 14 nitrogen and oxygen atoms in total. The number of aromatic nitrogens is 6. The number of carbonyl (C=O) groups is 2. The highest BCUT2D eigenvalue weighted by Gasteiger charge is 2.49. The van der Waals surface area contributed by atoms with Crippen molar-refractivity contribution >= 4 is 46.1 Å². The first kappa shape index (κ1) is 34.1. The molecule has 52 heavy (non-hydrogen) atoms. The lowest BCUT2D eigenvalue weighted by Crippen LogP contribution is -2.67. The first-order chi connectivity index (χ1) is 24.8. The lowest BCUT2D eigenvalue weighted by atomic mass is 9.81. The lowest BCUT2D eigenvalue weighted by molar-refractivity contribution is -0.389. The van der Waals surface area contributed by atoms with Gasteiger partial charge in [-0.3, -0.25) is 19.0 Å². The molecule has 3 aliphatic heterocycles. The second-order valence-corrected chi connectivity index (χ2v) is 14.0. The SMILES string of the molecule is Cc1nc[nH+]c(C(=O)N2CCN(c3c4n(c5nc(C6=CCOCC6)nn5c3=O)[C@@H](C(=O)Nc3ccc(C(F)(F)F)cc3Cl)C[C@H]4C)[C@H]3CC[C@@H]32)c1O. The highest BCUT2D eigenvalue weighted by atomic mass is 35.5. The van der Waals surface area contributed by atoms with Crippen molar-refractivity contribution < 1.29 is 37.6 Å². The summed E-state index contributed by atoms with van der Waals surface area (Å²) in [6.45, 7) is 4.88. The maximum absolute atomic E-state index is 14.6. The van der Waals surface area contributed by atoms with E-state index in [2.05, 4.69) is 20.4 Å². The van der Waals surface area contributed by atoms with Crippen LogP contribution in [0.3, 0.4) is 0 Å². The van der Waals surface area contributed by atoms with Crippen molar-refractivity contribution in [3.8, 4) is 5.75 Å². The van der Waals surface area contributed by atoms with Crippen LogP contribution in [-0.4, -0.2) is 84.4 Å². The summed E-state index contributed by atoms with van der Waals surface area (Å²) < 4.78 is 48.3. The number of benzene rings is 1. The molecule has 1 aromatic carbocycles. The Hall–Kier alpha value is -5.03. The summed E-state index contributed by atoms with van der Waals surface area (Å²) >= 11 is 6.21. The van der Waals surface area contributed by atoms with Crippen LogP contribution < -0.4 is 20.8 Å². The summed E-state index contributed by atoms with van der Waals surface area (Å²) in [7, 11) is 0. The van der Waals surface area contributed by atoms with Crippen molar-refractivity contribution in [2.75, 3.05) is 36.5 Å². The zero-order valence-corrected chi connectivity index (χ0v) is 28.8. The number of halogens is 4. The van der Waals surface area contributed by atoms with Gasteiger partial charge in [0.2, 0.25) is 23.1 Å². The number of alkyl halides is 3. The largest absolute Gasteiger partial charge is 0.501 e. The summed E-state index contributed by atoms with van der Waals surface area (Å²) in [4.78, 5) is 57.6. The number of nitrogens with zero attached hydrogens (tertiary/aromatic N) is 7. The van der Waals surface area contributed by atoms with Gasteiger partial charge in [-0.05, 0) is 49.5 Å². The van der Waals surface area contributed by atoms with Crippen molar-refractivity contribution in [2.24, 2.45) is 0 Å². The number of piperazine rings is 1. The fraction of sp³-hybridized carbons (Fsp3) is 0.441. The Balaban J connectivity index is 1.20. The summed E-state index contributed by atoms with van der Waals surface area (Å²) in [5, 5.41) is 17.7. The van der Waals surface area contributed by atoms with E-state index >= 15 is 0 Å². The van der Waals surface area contributed by atoms with Gasteiger partial charge in [-0.15, -0.1) is 5.10 Å². The number of aromatic hydroxyl groups is 1. The molecule has 2 fully saturated rings. The molecule has 1 saturated carbocycles. The van der Waals surface area contributed by atoms with E-state index in [1.807, 2.05) is 17.9 Å². The number of aryl methyl sites for hydroxylation is 1. The molecule has 0 bridgehead atoms. The molecule has 2 amide bonds. The zero-order valence-electron chi connectivity index (χ0n) is 28.1. The number of nitrogens with one attached hydrogen (secondary N) is 2. The van der Waals surface area contributed by atoms with Gasteiger partial charge in [0.15, 0.2) is 11.5 Å². The molecular formula is C34H34ClF3N9O5+. The molecule has 18 heteroatoms. The summed E-state index contributed by atoms with van der Waals surface area (Å²) in [6.07, 6.45) is 0.764. The zero-order chi connectivity index (χ0) is 36.6. The minimum absolute atomic E-state index is 0.0124. The number of amides is 2. The van der Waals surface area contributed by atoms with E-state index in [1.54, 1.807) is 16.4 Å². The fourth-order valence-corrected chi connectivity index (χ4v) is 8.03. The summed E-state index contributed by atoms with van der Waals surface area (Å²) in [6, 6.07) is 1.32. The van der Waals surface area contributed by atoms with Crippen molar-refractivity contribution in [2.45, 2.75) is 69.8 Å². The normalized spacial score (nSPS) is 22.8. The molecule has 6 heterocycles. The maximum atomic E-state index is 14.6. The molecular weight excluding hydrogens is 707 g/mol. The van der Waals surface area contributed by atoms with Crippen molar-refractivity contribution in [1.29, 1.82) is 0 Å². The van der Waals surface area contributed by atoms with E-state index in [4.69, 9.17) is 21.3 Å². The number of fused-ring (bicyclic) bond motifs is 4. The number of carbonyl (C=O) groups excluding carboxylic acids is 2. The van der Waals surface area contributed by atoms with Crippen LogP contribution in [0.5, 0.6) is 5.75 Å². The van der Waals surface area contributed by atoms with Crippen LogP contribution in [0.25, 0.3) is 11.4 Å². The molecule has 4 aromatic rings. The Morgan fingerprint density at radius 3 is 2.65 bits per heavy atom. The van der Waals surface area contributed by atoms with Gasteiger partial charge < -0.3 is 25.0 Å². The van der Waals surface area contributed by atoms with Gasteiger partial charge >= 0.3 is 6.18 Å². The van der Waals surface area contributed by atoms with Crippen LogP contribution in [0.4, 0.5) is 24.5 Å². The molecule has 8 rings (SSSR count). The summed E-state index contributed by atoms with van der Waals surface area (Å²) in [5.41, 5.74) is 0.756. The first-order valence-corrected chi connectivity index (χ1v) is 17.3. The minimum Gasteiger partial charge on any atom is -0.501 e. The van der Waals surface area contributed by atoms with Crippen LogP contribution in [0.1, 0.15) is 77.8 Å². The predicted molar refractivity (Wildman–Crippen MR) is 180 cm³/mol. The average Bonchev–Trinajstić information content (AvgIpc) is 3.69. The molecule has 4 atom stereocenters. The van der Waals surface area contributed by atoms with Gasteiger partial charge in [0, 0.05) is 32.0 Å². The number of rotatable bonds is 5. The van der Waals surface area contributed by atoms with Crippen LogP contribution in [0, 0.1) is 6.92 Å². The first-order valence-electron chi connectivity index (χ1n) is 17.0. The van der Waals surface area contributed by atoms with Crippen LogP contribution in [0.15, 0.2) is 35.4 Å². The van der Waals surface area contributed by atoms with E-state index in [0.717, 1.165) is 23.8 Å². The number of hydrogen-bond donors (Lipinski definition) is 2. The van der Waals surface area contributed by atoms with Crippen molar-refractivity contribution in [3.05, 3.63) is 74.4 Å². The van der Waals surface area contributed by atoms with Gasteiger partial charge in [0.25, 0.3) is 17.8 Å². The van der Waals surface area contributed by atoms with Gasteiger partial charge in [-0.2, -0.15) is 22.7 Å². The highest BCUT2D eigenvalue weighted by molar-refractivity contribution is 6.33. The number of H-pyrrole nitrogens is 1. The Labute approximate surface area is 298 Å². The average molecular weight is 741 g/mol. The van der Waals surface area contributed by atoms with E-state index in [-0.39, 0.29) is 64.8 Å². The number of aromatic amines is 1.